The number of rotatable bonds is 3. The van der Waals surface area contributed by atoms with Gasteiger partial charge in [0.2, 0.25) is 0 Å². The summed E-state index contributed by atoms with van der Waals surface area (Å²) in [4.78, 5) is 27.2. The minimum Gasteiger partial charge on any atom is -0.318 e. The van der Waals surface area contributed by atoms with Crippen LogP contribution in [0.5, 0.6) is 0 Å². The van der Waals surface area contributed by atoms with Crippen LogP contribution < -0.4 is 10.2 Å². The molecule has 8 heteroatoms. The summed E-state index contributed by atoms with van der Waals surface area (Å²) < 4.78 is 3.96. The van der Waals surface area contributed by atoms with Gasteiger partial charge in [-0.3, -0.25) is 19.8 Å². The Labute approximate surface area is 202 Å². The molecule has 0 unspecified atom stereocenters. The molecule has 0 atom stereocenters. The van der Waals surface area contributed by atoms with E-state index in [1.54, 1.807) is 18.2 Å². The van der Waals surface area contributed by atoms with Crippen molar-refractivity contribution in [2.75, 3.05) is 4.90 Å². The second-order valence-electron chi connectivity index (χ2n) is 7.07. The molecular weight excluding hydrogens is 542 g/mol. The van der Waals surface area contributed by atoms with Crippen LogP contribution in [0.3, 0.4) is 0 Å². The SMILES string of the molecule is Cc1cc(/C=C2/C(=O)NC(=S)N(c3ccc(Br)cc3)C2=O)c(C)n1-c1ccc(Br)cc1. The van der Waals surface area contributed by atoms with Crippen molar-refractivity contribution in [3.05, 3.63) is 86.1 Å². The number of nitrogens with zero attached hydrogens (tertiary/aromatic N) is 2. The number of halogens is 2. The number of aryl methyl sites for hydroxylation is 1. The number of benzene rings is 2. The molecule has 2 aromatic carbocycles. The summed E-state index contributed by atoms with van der Waals surface area (Å²) in [7, 11) is 0. The molecule has 1 N–H and O–H groups in total. The molecular formula is C23H17Br2N3O2S. The number of anilines is 1. The van der Waals surface area contributed by atoms with Crippen molar-refractivity contribution in [2.24, 2.45) is 0 Å². The summed E-state index contributed by atoms with van der Waals surface area (Å²) in [6.07, 6.45) is 1.63. The number of nitrogens with one attached hydrogen (secondary N) is 1. The van der Waals surface area contributed by atoms with Crippen molar-refractivity contribution >= 4 is 72.8 Å². The Morgan fingerprint density at radius 1 is 0.903 bits per heavy atom. The first-order chi connectivity index (χ1) is 14.8. The zero-order chi connectivity index (χ0) is 22.3. The average Bonchev–Trinajstić information content (AvgIpc) is 3.00. The van der Waals surface area contributed by atoms with Crippen LogP contribution in [-0.4, -0.2) is 21.5 Å². The van der Waals surface area contributed by atoms with Crippen LogP contribution in [0.25, 0.3) is 11.8 Å². The fraction of sp³-hybridized carbons (Fsp3) is 0.0870. The lowest BCUT2D eigenvalue weighted by molar-refractivity contribution is -0.122. The summed E-state index contributed by atoms with van der Waals surface area (Å²) in [5, 5.41) is 2.69. The van der Waals surface area contributed by atoms with Gasteiger partial charge in [0.15, 0.2) is 5.11 Å². The summed E-state index contributed by atoms with van der Waals surface area (Å²) in [5.74, 6) is -0.957. The predicted molar refractivity (Wildman–Crippen MR) is 133 cm³/mol. The first kappa shape index (κ1) is 21.7. The summed E-state index contributed by atoms with van der Waals surface area (Å²) in [6, 6.07) is 17.1. The lowest BCUT2D eigenvalue weighted by Gasteiger charge is -2.29. The van der Waals surface area contributed by atoms with Gasteiger partial charge < -0.3 is 4.57 Å². The molecule has 5 nitrogen and oxygen atoms in total. The van der Waals surface area contributed by atoms with E-state index in [9.17, 15) is 9.59 Å². The van der Waals surface area contributed by atoms with Crippen molar-refractivity contribution in [3.8, 4) is 5.69 Å². The Morgan fingerprint density at radius 3 is 2.03 bits per heavy atom. The molecule has 2 heterocycles. The largest absolute Gasteiger partial charge is 0.318 e. The molecule has 1 aliphatic rings. The first-order valence-electron chi connectivity index (χ1n) is 9.38. The maximum absolute atomic E-state index is 13.2. The Kier molecular flexibility index (Phi) is 5.96. The van der Waals surface area contributed by atoms with E-state index in [1.165, 1.54) is 4.90 Å². The second kappa shape index (κ2) is 8.53. The molecule has 1 saturated heterocycles. The van der Waals surface area contributed by atoms with E-state index in [0.717, 1.165) is 31.6 Å². The Hall–Kier alpha value is -2.55. The molecule has 4 rings (SSSR count). The van der Waals surface area contributed by atoms with Crippen LogP contribution >= 0.6 is 44.1 Å². The van der Waals surface area contributed by atoms with Gasteiger partial charge in [0, 0.05) is 26.0 Å². The third-order valence-corrected chi connectivity index (χ3v) is 6.38. The Balaban J connectivity index is 1.75. The van der Waals surface area contributed by atoms with Crippen LogP contribution in [0.2, 0.25) is 0 Å². The Bertz CT molecular complexity index is 1250. The highest BCUT2D eigenvalue weighted by Gasteiger charge is 2.34. The minimum absolute atomic E-state index is 0.0348. The number of hydrogen-bond acceptors (Lipinski definition) is 3. The van der Waals surface area contributed by atoms with Gasteiger partial charge in [-0.25, -0.2) is 0 Å². The van der Waals surface area contributed by atoms with Crippen LogP contribution in [0.4, 0.5) is 5.69 Å². The van der Waals surface area contributed by atoms with E-state index in [2.05, 4.69) is 41.7 Å². The van der Waals surface area contributed by atoms with E-state index < -0.39 is 11.8 Å². The standard InChI is InChI=1S/C23H17Br2N3O2S/c1-13-11-15(14(2)27(13)18-7-3-16(24)4-8-18)12-20-21(29)26-23(31)28(22(20)30)19-9-5-17(25)6-10-19/h3-12H,1-2H3,(H,26,29,31)/b20-12-. The summed E-state index contributed by atoms with van der Waals surface area (Å²) >= 11 is 12.1. The molecule has 0 saturated carbocycles. The van der Waals surface area contributed by atoms with Crippen molar-refractivity contribution < 1.29 is 9.59 Å². The van der Waals surface area contributed by atoms with Crippen LogP contribution in [0, 0.1) is 13.8 Å². The maximum atomic E-state index is 13.2. The third-order valence-electron chi connectivity index (χ3n) is 5.04. The third kappa shape index (κ3) is 4.15. The maximum Gasteiger partial charge on any atom is 0.270 e. The normalized spacial score (nSPS) is 15.5. The molecule has 0 bridgehead atoms. The summed E-state index contributed by atoms with van der Waals surface area (Å²) in [6.45, 7) is 3.95. The fourth-order valence-electron chi connectivity index (χ4n) is 3.56. The number of hydrogen-bond donors (Lipinski definition) is 1. The van der Waals surface area contributed by atoms with Gasteiger partial charge in [-0.2, -0.15) is 0 Å². The van der Waals surface area contributed by atoms with Crippen molar-refractivity contribution in [1.29, 1.82) is 0 Å². The molecule has 0 radical (unpaired) electrons. The highest BCUT2D eigenvalue weighted by molar-refractivity contribution is 9.10. The van der Waals surface area contributed by atoms with E-state index in [1.807, 2.05) is 56.3 Å². The summed E-state index contributed by atoms with van der Waals surface area (Å²) in [5.41, 5.74) is 4.34. The van der Waals surface area contributed by atoms with Gasteiger partial charge in [0.1, 0.15) is 5.57 Å². The molecule has 0 spiro atoms. The highest BCUT2D eigenvalue weighted by atomic mass is 79.9. The monoisotopic (exact) mass is 557 g/mol. The molecule has 3 aromatic rings. The predicted octanol–water partition coefficient (Wildman–Crippen LogP) is 5.45. The van der Waals surface area contributed by atoms with Gasteiger partial charge in [-0.1, -0.05) is 31.9 Å². The van der Waals surface area contributed by atoms with Crippen LogP contribution in [-0.2, 0) is 9.59 Å². The second-order valence-corrected chi connectivity index (χ2v) is 9.29. The van der Waals surface area contributed by atoms with Gasteiger partial charge in [-0.15, -0.1) is 0 Å². The molecule has 1 aliphatic heterocycles. The molecule has 1 aromatic heterocycles. The zero-order valence-corrected chi connectivity index (χ0v) is 20.6. The van der Waals surface area contributed by atoms with Crippen LogP contribution in [0.1, 0.15) is 17.0 Å². The van der Waals surface area contributed by atoms with Crippen molar-refractivity contribution in [2.45, 2.75) is 13.8 Å². The highest BCUT2D eigenvalue weighted by Crippen LogP contribution is 2.27. The first-order valence-corrected chi connectivity index (χ1v) is 11.4. The molecule has 2 amide bonds. The molecule has 1 fully saturated rings. The minimum atomic E-state index is -0.503. The number of carbonyl (C=O) groups excluding carboxylic acids is 2. The van der Waals surface area contributed by atoms with Crippen molar-refractivity contribution in [1.82, 2.24) is 9.88 Å². The lowest BCUT2D eigenvalue weighted by atomic mass is 10.1. The van der Waals surface area contributed by atoms with Crippen LogP contribution in [0.15, 0.2) is 69.1 Å². The van der Waals surface area contributed by atoms with E-state index in [0.29, 0.717) is 5.69 Å². The van der Waals surface area contributed by atoms with Gasteiger partial charge in [0.05, 0.1) is 5.69 Å². The lowest BCUT2D eigenvalue weighted by Crippen LogP contribution is -2.54. The van der Waals surface area contributed by atoms with Gasteiger partial charge >= 0.3 is 0 Å². The van der Waals surface area contributed by atoms with E-state index in [-0.39, 0.29) is 10.7 Å². The quantitative estimate of drug-likeness (QED) is 0.264. The fourth-order valence-corrected chi connectivity index (χ4v) is 4.37. The Morgan fingerprint density at radius 2 is 1.45 bits per heavy atom. The average molecular weight is 559 g/mol. The van der Waals surface area contributed by atoms with E-state index >= 15 is 0 Å². The topological polar surface area (TPSA) is 54.3 Å². The smallest absolute Gasteiger partial charge is 0.270 e. The van der Waals surface area contributed by atoms with Gasteiger partial charge in [0.25, 0.3) is 11.8 Å². The number of amides is 2. The molecule has 156 valence electrons. The van der Waals surface area contributed by atoms with Gasteiger partial charge in [-0.05, 0) is 92.3 Å². The van der Waals surface area contributed by atoms with E-state index in [4.69, 9.17) is 12.2 Å². The van der Waals surface area contributed by atoms with Crippen molar-refractivity contribution in [3.63, 3.8) is 0 Å². The molecule has 0 aliphatic carbocycles. The number of aromatic nitrogens is 1. The number of thiocarbonyl (C=S) groups is 1. The molecule has 31 heavy (non-hydrogen) atoms. The zero-order valence-electron chi connectivity index (χ0n) is 16.6. The number of carbonyl (C=O) groups is 2.